The van der Waals surface area contributed by atoms with Crippen LogP contribution in [0.25, 0.3) is 21.5 Å². The molecule has 2 N–H and O–H groups in total. The maximum Gasteiger partial charge on any atom is 0.148 e. The van der Waals surface area contributed by atoms with Gasteiger partial charge in [0.25, 0.3) is 0 Å². The molecule has 9 heteroatoms. The predicted molar refractivity (Wildman–Crippen MR) is 193 cm³/mol. The molecule has 47 heavy (non-hydrogen) atoms. The largest absolute Gasteiger partial charge is 0.494 e. The molecule has 0 saturated heterocycles. The van der Waals surface area contributed by atoms with E-state index < -0.39 is 0 Å². The Morgan fingerprint density at radius 3 is 1.43 bits per heavy atom. The van der Waals surface area contributed by atoms with E-state index in [0.717, 1.165) is 68.6 Å². The number of hydrogen-bond donors (Lipinski definition) is 2. The highest BCUT2D eigenvalue weighted by Crippen LogP contribution is 2.38. The maximum atomic E-state index is 5.65. The van der Waals surface area contributed by atoms with Gasteiger partial charge in [-0.25, -0.2) is 0 Å². The van der Waals surface area contributed by atoms with Crippen LogP contribution in [0.1, 0.15) is 19.4 Å². The van der Waals surface area contributed by atoms with Crippen LogP contribution in [0.2, 0.25) is 0 Å². The molecule has 0 heterocycles. The Balaban J connectivity index is 1.18. The quantitative estimate of drug-likeness (QED) is 0.141. The first-order valence-electron chi connectivity index (χ1n) is 15.6. The summed E-state index contributed by atoms with van der Waals surface area (Å²) in [6.45, 7) is 7.82. The third-order valence-corrected chi connectivity index (χ3v) is 7.70. The van der Waals surface area contributed by atoms with Gasteiger partial charge in [-0.1, -0.05) is 48.5 Å². The Bertz CT molecular complexity index is 2120. The lowest BCUT2D eigenvalue weighted by Gasteiger charge is -2.10. The third kappa shape index (κ3) is 6.99. The summed E-state index contributed by atoms with van der Waals surface area (Å²) in [5.74, 6) is 0.559. The molecule has 0 atom stereocenters. The predicted octanol–water partition coefficient (Wildman–Crippen LogP) is 12.4. The van der Waals surface area contributed by atoms with Crippen LogP contribution in [0.15, 0.2) is 140 Å². The Kier molecular flexibility index (Phi) is 9.53. The number of nitrogens with one attached hydrogen (secondary N) is 2. The molecule has 0 unspecified atom stereocenters. The SMILES string of the molecule is CCNc1ccc(N=Nc2ccc(N=Nc3cc(OC)c(N=Nc4ccc(NCC)c5ccccc45)cc3C)cc2)c2ccccc12. The van der Waals surface area contributed by atoms with Crippen molar-refractivity contribution in [1.29, 1.82) is 0 Å². The molecule has 6 aromatic rings. The van der Waals surface area contributed by atoms with E-state index in [2.05, 4.69) is 79.4 Å². The van der Waals surface area contributed by atoms with Crippen LogP contribution in [0.3, 0.4) is 0 Å². The van der Waals surface area contributed by atoms with Gasteiger partial charge in [-0.3, -0.25) is 0 Å². The highest BCUT2D eigenvalue weighted by atomic mass is 16.5. The van der Waals surface area contributed by atoms with Gasteiger partial charge in [-0.2, -0.15) is 15.3 Å². The molecule has 0 fully saturated rings. The lowest BCUT2D eigenvalue weighted by molar-refractivity contribution is 0.416. The van der Waals surface area contributed by atoms with Gasteiger partial charge in [0.2, 0.25) is 0 Å². The molecule has 9 nitrogen and oxygen atoms in total. The van der Waals surface area contributed by atoms with E-state index in [1.807, 2.05) is 91.9 Å². The minimum atomic E-state index is 0.559. The summed E-state index contributed by atoms with van der Waals surface area (Å²) in [5, 5.41) is 38.2. The third-order valence-electron chi connectivity index (χ3n) is 7.70. The zero-order valence-electron chi connectivity index (χ0n) is 26.9. The Labute approximate surface area is 274 Å². The normalized spacial score (nSPS) is 11.7. The van der Waals surface area contributed by atoms with E-state index in [1.54, 1.807) is 7.11 Å². The van der Waals surface area contributed by atoms with Crippen molar-refractivity contribution < 1.29 is 4.74 Å². The van der Waals surface area contributed by atoms with Gasteiger partial charge in [-0.15, -0.1) is 15.3 Å². The van der Waals surface area contributed by atoms with Crippen LogP contribution in [0, 0.1) is 6.92 Å². The highest BCUT2D eigenvalue weighted by Gasteiger charge is 2.10. The van der Waals surface area contributed by atoms with E-state index in [0.29, 0.717) is 22.8 Å². The average molecular weight is 621 g/mol. The monoisotopic (exact) mass is 620 g/mol. The van der Waals surface area contributed by atoms with Crippen LogP contribution in [0.5, 0.6) is 5.75 Å². The molecule has 0 radical (unpaired) electrons. The first-order chi connectivity index (χ1) is 23.1. The van der Waals surface area contributed by atoms with Crippen molar-refractivity contribution in [3.8, 4) is 5.75 Å². The summed E-state index contributed by atoms with van der Waals surface area (Å²) in [5.41, 5.74) is 7.36. The molecule has 0 spiro atoms. The highest BCUT2D eigenvalue weighted by molar-refractivity contribution is 6.01. The molecule has 234 valence electrons. The van der Waals surface area contributed by atoms with Crippen LogP contribution < -0.4 is 15.4 Å². The first-order valence-corrected chi connectivity index (χ1v) is 15.6. The number of benzene rings is 6. The van der Waals surface area contributed by atoms with Crippen molar-refractivity contribution in [2.45, 2.75) is 20.8 Å². The van der Waals surface area contributed by atoms with E-state index in [1.165, 1.54) is 0 Å². The van der Waals surface area contributed by atoms with Crippen molar-refractivity contribution in [2.24, 2.45) is 30.7 Å². The number of aryl methyl sites for hydroxylation is 1. The molecule has 0 bridgehead atoms. The molecular formula is C38H36N8O. The van der Waals surface area contributed by atoms with E-state index >= 15 is 0 Å². The van der Waals surface area contributed by atoms with Gasteiger partial charge in [0.1, 0.15) is 11.4 Å². The maximum absolute atomic E-state index is 5.65. The zero-order valence-corrected chi connectivity index (χ0v) is 26.9. The molecule has 0 saturated carbocycles. The molecule has 0 amide bonds. The number of nitrogens with zero attached hydrogens (tertiary/aromatic N) is 6. The van der Waals surface area contributed by atoms with Crippen LogP contribution >= 0.6 is 0 Å². The fraction of sp³-hybridized carbons (Fsp3) is 0.158. The lowest BCUT2D eigenvalue weighted by atomic mass is 10.1. The Morgan fingerprint density at radius 1 is 0.489 bits per heavy atom. The molecule has 6 aromatic carbocycles. The Morgan fingerprint density at radius 2 is 0.936 bits per heavy atom. The molecule has 0 aromatic heterocycles. The minimum absolute atomic E-state index is 0.559. The van der Waals surface area contributed by atoms with Gasteiger partial charge in [-0.05, 0) is 80.9 Å². The number of anilines is 2. The number of hydrogen-bond acceptors (Lipinski definition) is 9. The molecule has 6 rings (SSSR count). The smallest absolute Gasteiger partial charge is 0.148 e. The van der Waals surface area contributed by atoms with Crippen LogP contribution in [0.4, 0.5) is 45.5 Å². The minimum Gasteiger partial charge on any atom is -0.494 e. The molecular weight excluding hydrogens is 584 g/mol. The van der Waals surface area contributed by atoms with Crippen molar-refractivity contribution in [1.82, 2.24) is 0 Å². The number of methoxy groups -OCH3 is 1. The number of fused-ring (bicyclic) bond motifs is 2. The summed E-state index contributed by atoms with van der Waals surface area (Å²) < 4.78 is 5.65. The average Bonchev–Trinajstić information content (AvgIpc) is 3.11. The van der Waals surface area contributed by atoms with E-state index in [-0.39, 0.29) is 0 Å². The number of azo groups is 3. The second kappa shape index (κ2) is 14.4. The summed E-state index contributed by atoms with van der Waals surface area (Å²) in [7, 11) is 1.61. The summed E-state index contributed by atoms with van der Waals surface area (Å²) in [6.07, 6.45) is 0. The second-order valence-corrected chi connectivity index (χ2v) is 10.8. The fourth-order valence-corrected chi connectivity index (χ4v) is 5.36. The van der Waals surface area contributed by atoms with Crippen molar-refractivity contribution in [2.75, 3.05) is 30.8 Å². The van der Waals surface area contributed by atoms with Crippen LogP contribution in [-0.2, 0) is 0 Å². The van der Waals surface area contributed by atoms with Gasteiger partial charge in [0.05, 0.1) is 35.5 Å². The standard InChI is InChI=1S/C38H36N8O/c1-5-39-32-19-21-34(30-13-9-7-11-28(30)32)43-41-26-15-17-27(18-16-26)42-45-36-24-38(47-4)37(23-25(36)3)46-44-35-22-20-33(40-6-2)29-12-8-10-14-31(29)35/h7-24,39-40H,5-6H2,1-4H3. The van der Waals surface area contributed by atoms with Gasteiger partial charge in [0.15, 0.2) is 0 Å². The second-order valence-electron chi connectivity index (χ2n) is 10.8. The molecule has 0 aliphatic carbocycles. The van der Waals surface area contributed by atoms with E-state index in [9.17, 15) is 0 Å². The summed E-state index contributed by atoms with van der Waals surface area (Å²) in [4.78, 5) is 0. The van der Waals surface area contributed by atoms with Crippen LogP contribution in [-0.4, -0.2) is 20.2 Å². The van der Waals surface area contributed by atoms with E-state index in [4.69, 9.17) is 4.74 Å². The number of rotatable bonds is 11. The van der Waals surface area contributed by atoms with Crippen molar-refractivity contribution in [3.63, 3.8) is 0 Å². The molecule has 0 aliphatic heterocycles. The summed E-state index contributed by atoms with van der Waals surface area (Å²) in [6, 6.07) is 35.6. The van der Waals surface area contributed by atoms with Crippen molar-refractivity contribution in [3.05, 3.63) is 115 Å². The lowest BCUT2D eigenvalue weighted by Crippen LogP contribution is -1.96. The van der Waals surface area contributed by atoms with Crippen molar-refractivity contribution >= 4 is 67.0 Å². The summed E-state index contributed by atoms with van der Waals surface area (Å²) >= 11 is 0. The topological polar surface area (TPSA) is 107 Å². The fourth-order valence-electron chi connectivity index (χ4n) is 5.36. The van der Waals surface area contributed by atoms with Gasteiger partial charge < -0.3 is 15.4 Å². The Hall–Kier alpha value is -5.96. The first kappa shape index (κ1) is 31.0. The number of ether oxygens (including phenoxy) is 1. The zero-order chi connectivity index (χ0) is 32.6. The molecule has 0 aliphatic rings. The van der Waals surface area contributed by atoms with Gasteiger partial charge >= 0.3 is 0 Å². The van der Waals surface area contributed by atoms with Gasteiger partial charge in [0, 0.05) is 52.1 Å².